The Bertz CT molecular complexity index is 1600. The zero-order chi connectivity index (χ0) is 33.4. The van der Waals surface area contributed by atoms with E-state index in [1.807, 2.05) is 20.8 Å². The number of halogens is 8. The summed E-state index contributed by atoms with van der Waals surface area (Å²) in [5.41, 5.74) is -0.515. The average Bonchev–Trinajstić information content (AvgIpc) is 2.96. The molecular formula is C35H41F8OSi. The fraction of sp³-hybridized carbons (Fsp3) is 0.543. The van der Waals surface area contributed by atoms with Crippen molar-refractivity contribution in [1.82, 2.24) is 0 Å². The maximum atomic E-state index is 16.4. The minimum Gasteiger partial charge on any atom is -0.539 e. The van der Waals surface area contributed by atoms with Crippen LogP contribution in [0, 0.1) is 58.0 Å². The first-order chi connectivity index (χ1) is 21.1. The summed E-state index contributed by atoms with van der Waals surface area (Å²) in [5, 5.41) is -7.06. The molecule has 0 fully saturated rings. The highest BCUT2D eigenvalue weighted by Crippen LogP contribution is 2.49. The maximum absolute atomic E-state index is 16.4. The molecule has 1 radical (unpaired) electrons. The van der Waals surface area contributed by atoms with Gasteiger partial charge in [0.15, 0.2) is 40.7 Å². The van der Waals surface area contributed by atoms with Crippen molar-refractivity contribution in [3.8, 4) is 5.75 Å². The van der Waals surface area contributed by atoms with Crippen LogP contribution in [0.2, 0.25) is 17.6 Å². The monoisotopic (exact) mass is 657 g/mol. The van der Waals surface area contributed by atoms with Crippen LogP contribution in [-0.4, -0.2) is 8.32 Å². The van der Waals surface area contributed by atoms with Crippen molar-refractivity contribution in [2.24, 2.45) is 5.41 Å². The molecule has 0 N–H and O–H groups in total. The second-order valence-corrected chi connectivity index (χ2v) is 17.8. The van der Waals surface area contributed by atoms with Gasteiger partial charge in [-0.2, -0.15) is 0 Å². The van der Waals surface area contributed by atoms with Gasteiger partial charge in [0, 0.05) is 10.8 Å². The van der Waals surface area contributed by atoms with Crippen molar-refractivity contribution in [3.63, 3.8) is 0 Å². The highest BCUT2D eigenvalue weighted by atomic mass is 28.4. The van der Waals surface area contributed by atoms with Crippen LogP contribution < -0.4 is 4.43 Å². The minimum absolute atomic E-state index is 0.208. The predicted molar refractivity (Wildman–Crippen MR) is 166 cm³/mol. The van der Waals surface area contributed by atoms with Gasteiger partial charge in [0.1, 0.15) is 11.6 Å². The van der Waals surface area contributed by atoms with Gasteiger partial charge in [-0.15, -0.1) is 0 Å². The van der Waals surface area contributed by atoms with Crippen LogP contribution in [0.25, 0.3) is 32.3 Å². The third-order valence-corrected chi connectivity index (χ3v) is 14.8. The number of hydrogen-bond acceptors (Lipinski definition) is 1. The molecule has 0 saturated carbocycles. The highest BCUT2D eigenvalue weighted by Gasteiger charge is 2.46. The van der Waals surface area contributed by atoms with Gasteiger partial charge in [0.2, 0.25) is 0 Å². The van der Waals surface area contributed by atoms with E-state index >= 15 is 26.3 Å². The van der Waals surface area contributed by atoms with Crippen LogP contribution >= 0.6 is 0 Å². The number of unbranched alkanes of at least 4 members (excludes halogenated alkanes) is 6. The number of hydrogen-bond donors (Lipinski definition) is 0. The Morgan fingerprint density at radius 1 is 0.600 bits per heavy atom. The molecule has 1 nitrogen and oxygen atoms in total. The fourth-order valence-corrected chi connectivity index (χ4v) is 11.7. The summed E-state index contributed by atoms with van der Waals surface area (Å²) in [6.45, 7) is 12.1. The van der Waals surface area contributed by atoms with Crippen LogP contribution in [-0.2, 0) is 0 Å². The molecule has 0 saturated heterocycles. The first kappa shape index (κ1) is 35.2. The zero-order valence-electron chi connectivity index (χ0n) is 26.8. The maximum Gasteiger partial charge on any atom is 0.254 e. The number of rotatable bonds is 15. The van der Waals surface area contributed by atoms with Gasteiger partial charge < -0.3 is 4.43 Å². The molecule has 0 bridgehead atoms. The minimum atomic E-state index is -3.23. The third-order valence-electron chi connectivity index (χ3n) is 9.31. The molecule has 0 aromatic heterocycles. The van der Waals surface area contributed by atoms with Crippen LogP contribution in [0.4, 0.5) is 35.1 Å². The van der Waals surface area contributed by atoms with Crippen molar-refractivity contribution < 1.29 is 39.5 Å². The fourth-order valence-electron chi connectivity index (χ4n) is 6.86. The average molecular weight is 658 g/mol. The first-order valence-corrected chi connectivity index (χ1v) is 18.3. The second-order valence-electron chi connectivity index (χ2n) is 13.5. The molecule has 0 aliphatic carbocycles. The normalized spacial score (nSPS) is 14.0. The second kappa shape index (κ2) is 13.6. The summed E-state index contributed by atoms with van der Waals surface area (Å²) in [7, 11) is -3.23. The lowest BCUT2D eigenvalue weighted by molar-refractivity contribution is 0.327. The van der Waals surface area contributed by atoms with Crippen molar-refractivity contribution in [1.29, 1.82) is 0 Å². The third kappa shape index (κ3) is 6.37. The van der Waals surface area contributed by atoms with Crippen molar-refractivity contribution >= 4 is 40.6 Å². The molecule has 247 valence electrons. The molecule has 4 aromatic rings. The lowest BCUT2D eigenvalue weighted by Crippen LogP contribution is -2.48. The molecule has 0 amide bonds. The first-order valence-electron chi connectivity index (χ1n) is 15.9. The summed E-state index contributed by atoms with van der Waals surface area (Å²) in [5.74, 6) is -15.7. The van der Waals surface area contributed by atoms with E-state index in [0.717, 1.165) is 51.4 Å². The lowest BCUT2D eigenvalue weighted by atomic mass is 9.89. The topological polar surface area (TPSA) is 9.23 Å². The summed E-state index contributed by atoms with van der Waals surface area (Å²) in [6, 6.07) is 2.38. The van der Waals surface area contributed by atoms with Crippen molar-refractivity contribution in [2.75, 3.05) is 0 Å². The van der Waals surface area contributed by atoms with E-state index in [2.05, 4.69) is 20.8 Å². The molecule has 4 aromatic carbocycles. The number of benzene rings is 4. The summed E-state index contributed by atoms with van der Waals surface area (Å²) in [4.78, 5) is 0. The van der Waals surface area contributed by atoms with Gasteiger partial charge in [0.05, 0.1) is 27.6 Å². The molecule has 1 unspecified atom stereocenters. The lowest BCUT2D eigenvalue weighted by Gasteiger charge is -2.41. The van der Waals surface area contributed by atoms with Gasteiger partial charge in [-0.1, -0.05) is 92.9 Å². The van der Waals surface area contributed by atoms with E-state index < -0.39 is 92.9 Å². The molecule has 10 heteroatoms. The van der Waals surface area contributed by atoms with E-state index in [1.54, 1.807) is 0 Å². The van der Waals surface area contributed by atoms with Gasteiger partial charge in [0.25, 0.3) is 8.32 Å². The van der Waals surface area contributed by atoms with Gasteiger partial charge in [-0.25, -0.2) is 35.1 Å². The van der Waals surface area contributed by atoms with Crippen LogP contribution in [0.3, 0.4) is 0 Å². The highest BCUT2D eigenvalue weighted by molar-refractivity contribution is 6.76. The molecule has 0 aliphatic rings. The van der Waals surface area contributed by atoms with Gasteiger partial charge in [-0.3, -0.25) is 0 Å². The molecule has 45 heavy (non-hydrogen) atoms. The van der Waals surface area contributed by atoms with Gasteiger partial charge >= 0.3 is 0 Å². The standard InChI is InChI=1S/C35H41F8OSi/c1-7-9-11-13-15-35(5,6)18-45(19(3)4,16-14-12-10-8-2)44-34-32(42)26-25-24-22(28(38)30(26)40)20(36)17-21(37)23(24)29(39)31(41)27(25)33(34)43/h19H,7-16,18H2,1-6H3. The summed E-state index contributed by atoms with van der Waals surface area (Å²) < 4.78 is 131. The van der Waals surface area contributed by atoms with E-state index in [-0.39, 0.29) is 11.0 Å². The largest absolute Gasteiger partial charge is 0.539 e. The molecular weight excluding hydrogens is 616 g/mol. The molecule has 0 spiro atoms. The Labute approximate surface area is 260 Å². The van der Waals surface area contributed by atoms with Crippen LogP contribution in [0.1, 0.15) is 99.3 Å². The Morgan fingerprint density at radius 2 is 1.04 bits per heavy atom. The molecule has 4 rings (SSSR count). The Morgan fingerprint density at radius 3 is 1.51 bits per heavy atom. The smallest absolute Gasteiger partial charge is 0.254 e. The Balaban J connectivity index is 2.00. The van der Waals surface area contributed by atoms with Crippen LogP contribution in [0.15, 0.2) is 0 Å². The quantitative estimate of drug-likeness (QED) is 0.0535. The zero-order valence-corrected chi connectivity index (χ0v) is 27.8. The Hall–Kier alpha value is -2.62. The summed E-state index contributed by atoms with van der Waals surface area (Å²) >= 11 is 0. The van der Waals surface area contributed by atoms with E-state index in [4.69, 9.17) is 4.43 Å². The van der Waals surface area contributed by atoms with Gasteiger partial charge in [-0.05, 0) is 29.5 Å². The molecule has 0 heterocycles. The predicted octanol–water partition coefficient (Wildman–Crippen LogP) is 12.8. The van der Waals surface area contributed by atoms with E-state index in [1.165, 1.54) is 6.07 Å². The molecule has 1 atom stereocenters. The van der Waals surface area contributed by atoms with Crippen molar-refractivity contribution in [2.45, 2.75) is 117 Å². The van der Waals surface area contributed by atoms with Crippen molar-refractivity contribution in [3.05, 3.63) is 52.6 Å². The molecule has 0 aliphatic heterocycles. The SMILES string of the molecule is CCCCCCC(C)(C)C[Si](CCCCCC)(Oc1c(F)c2c(F)c(F)c3c(F)[c]c(F)c4c(F)c(F)c(c1F)c2c34)C(C)C. The summed E-state index contributed by atoms with van der Waals surface area (Å²) in [6.07, 6.45) is 8.37. The van der Waals surface area contributed by atoms with Crippen LogP contribution in [0.5, 0.6) is 5.75 Å². The van der Waals surface area contributed by atoms with E-state index in [9.17, 15) is 8.78 Å². The van der Waals surface area contributed by atoms with E-state index in [0.29, 0.717) is 18.5 Å². The Kier molecular flexibility index (Phi) is 10.7.